The average molecular weight is 277 g/mol. The average Bonchev–Trinajstić information content (AvgIpc) is 2.46. The number of halogens is 2. The van der Waals surface area contributed by atoms with Crippen LogP contribution in [0.4, 0.5) is 14.5 Å². The highest BCUT2D eigenvalue weighted by atomic mass is 19.3. The molecular formula is C16H17F2NO. The van der Waals surface area contributed by atoms with Gasteiger partial charge in [-0.1, -0.05) is 24.3 Å². The van der Waals surface area contributed by atoms with Crippen LogP contribution in [0.15, 0.2) is 48.5 Å². The first kappa shape index (κ1) is 14.3. The molecule has 0 bridgehead atoms. The zero-order valence-corrected chi connectivity index (χ0v) is 11.3. The predicted octanol–water partition coefficient (Wildman–Crippen LogP) is 4.64. The van der Waals surface area contributed by atoms with Crippen molar-refractivity contribution in [1.29, 1.82) is 0 Å². The van der Waals surface area contributed by atoms with Crippen LogP contribution in [0.3, 0.4) is 0 Å². The van der Waals surface area contributed by atoms with E-state index in [1.54, 1.807) is 6.07 Å². The molecule has 2 aromatic carbocycles. The molecule has 4 heteroatoms. The predicted molar refractivity (Wildman–Crippen MR) is 76.3 cm³/mol. The number of benzene rings is 2. The Labute approximate surface area is 117 Å². The molecular weight excluding hydrogens is 260 g/mol. The van der Waals surface area contributed by atoms with Gasteiger partial charge in [0.1, 0.15) is 5.75 Å². The fourth-order valence-corrected chi connectivity index (χ4v) is 1.91. The molecule has 2 nitrogen and oxygen atoms in total. The zero-order valence-electron chi connectivity index (χ0n) is 11.3. The Bertz CT molecular complexity index is 558. The van der Waals surface area contributed by atoms with Crippen molar-refractivity contribution >= 4 is 5.69 Å². The van der Waals surface area contributed by atoms with E-state index in [1.807, 2.05) is 37.3 Å². The van der Waals surface area contributed by atoms with Crippen molar-refractivity contribution in [2.45, 2.75) is 19.9 Å². The Morgan fingerprint density at radius 3 is 2.65 bits per heavy atom. The van der Waals surface area contributed by atoms with Crippen LogP contribution in [0.2, 0.25) is 0 Å². The Morgan fingerprint density at radius 1 is 1.10 bits per heavy atom. The molecule has 0 radical (unpaired) electrons. The van der Waals surface area contributed by atoms with Crippen molar-refractivity contribution in [3.05, 3.63) is 59.7 Å². The van der Waals surface area contributed by atoms with Gasteiger partial charge in [0, 0.05) is 23.9 Å². The first-order valence-electron chi connectivity index (χ1n) is 6.52. The molecule has 0 saturated carbocycles. The Hall–Kier alpha value is -2.10. The van der Waals surface area contributed by atoms with E-state index in [9.17, 15) is 8.78 Å². The third kappa shape index (κ3) is 3.95. The number of hydrogen-bond donors (Lipinski definition) is 1. The van der Waals surface area contributed by atoms with Crippen molar-refractivity contribution in [1.82, 2.24) is 0 Å². The van der Waals surface area contributed by atoms with Gasteiger partial charge in [-0.15, -0.1) is 0 Å². The monoisotopic (exact) mass is 277 g/mol. The molecule has 1 N–H and O–H groups in total. The fourth-order valence-electron chi connectivity index (χ4n) is 1.91. The molecule has 0 fully saturated rings. The highest BCUT2D eigenvalue weighted by molar-refractivity contribution is 5.48. The van der Waals surface area contributed by atoms with Crippen LogP contribution in [0.5, 0.6) is 5.75 Å². The van der Waals surface area contributed by atoms with Crippen LogP contribution in [-0.4, -0.2) is 6.61 Å². The van der Waals surface area contributed by atoms with Gasteiger partial charge in [0.2, 0.25) is 0 Å². The molecule has 2 aromatic rings. The van der Waals surface area contributed by atoms with Crippen molar-refractivity contribution in [3.63, 3.8) is 0 Å². The number of hydrogen-bond acceptors (Lipinski definition) is 2. The lowest BCUT2D eigenvalue weighted by Gasteiger charge is -2.10. The standard InChI is InChI=1S/C16H17F2NO/c1-2-20-15-8-4-7-14(10-15)19-11-12-5-3-6-13(9-12)16(17)18/h3-10,16,19H,2,11H2,1H3. The molecule has 0 spiro atoms. The highest BCUT2D eigenvalue weighted by Crippen LogP contribution is 2.21. The second-order valence-electron chi connectivity index (χ2n) is 4.36. The van der Waals surface area contributed by atoms with Gasteiger partial charge in [0.15, 0.2) is 0 Å². The highest BCUT2D eigenvalue weighted by Gasteiger charge is 2.06. The first-order valence-corrected chi connectivity index (χ1v) is 6.52. The van der Waals surface area contributed by atoms with E-state index in [4.69, 9.17) is 4.74 Å². The van der Waals surface area contributed by atoms with E-state index in [0.29, 0.717) is 13.2 Å². The molecule has 0 aromatic heterocycles. The third-order valence-electron chi connectivity index (χ3n) is 2.84. The van der Waals surface area contributed by atoms with E-state index in [2.05, 4.69) is 5.32 Å². The van der Waals surface area contributed by atoms with Crippen LogP contribution in [-0.2, 0) is 6.54 Å². The SMILES string of the molecule is CCOc1cccc(NCc2cccc(C(F)F)c2)c1. The van der Waals surface area contributed by atoms with Crippen molar-refractivity contribution < 1.29 is 13.5 Å². The van der Waals surface area contributed by atoms with Crippen LogP contribution in [0, 0.1) is 0 Å². The van der Waals surface area contributed by atoms with Gasteiger partial charge in [-0.25, -0.2) is 8.78 Å². The second-order valence-corrected chi connectivity index (χ2v) is 4.36. The lowest BCUT2D eigenvalue weighted by Crippen LogP contribution is -2.00. The van der Waals surface area contributed by atoms with Crippen molar-refractivity contribution in [2.24, 2.45) is 0 Å². The van der Waals surface area contributed by atoms with Gasteiger partial charge < -0.3 is 10.1 Å². The summed E-state index contributed by atoms with van der Waals surface area (Å²) in [6, 6.07) is 14.0. The minimum atomic E-state index is -2.43. The summed E-state index contributed by atoms with van der Waals surface area (Å²) in [4.78, 5) is 0. The smallest absolute Gasteiger partial charge is 0.263 e. The number of ether oxygens (including phenoxy) is 1. The quantitative estimate of drug-likeness (QED) is 0.830. The topological polar surface area (TPSA) is 21.3 Å². The number of nitrogens with one attached hydrogen (secondary N) is 1. The maximum Gasteiger partial charge on any atom is 0.263 e. The number of alkyl halides is 2. The largest absolute Gasteiger partial charge is 0.494 e. The van der Waals surface area contributed by atoms with Crippen LogP contribution < -0.4 is 10.1 Å². The van der Waals surface area contributed by atoms with Gasteiger partial charge in [-0.2, -0.15) is 0 Å². The molecule has 0 aliphatic heterocycles. The van der Waals surface area contributed by atoms with Gasteiger partial charge >= 0.3 is 0 Å². The van der Waals surface area contributed by atoms with Crippen molar-refractivity contribution in [3.8, 4) is 5.75 Å². The Morgan fingerprint density at radius 2 is 1.90 bits per heavy atom. The molecule has 0 saturated heterocycles. The molecule has 0 aliphatic rings. The third-order valence-corrected chi connectivity index (χ3v) is 2.84. The summed E-state index contributed by atoms with van der Waals surface area (Å²) in [6.45, 7) is 3.03. The normalized spacial score (nSPS) is 10.6. The summed E-state index contributed by atoms with van der Waals surface area (Å²) in [5, 5.41) is 3.20. The van der Waals surface area contributed by atoms with E-state index >= 15 is 0 Å². The maximum absolute atomic E-state index is 12.6. The lowest BCUT2D eigenvalue weighted by molar-refractivity contribution is 0.151. The number of rotatable bonds is 6. The van der Waals surface area contributed by atoms with Gasteiger partial charge in [-0.05, 0) is 30.7 Å². The first-order chi connectivity index (χ1) is 9.69. The van der Waals surface area contributed by atoms with Crippen LogP contribution in [0.1, 0.15) is 24.5 Å². The van der Waals surface area contributed by atoms with Gasteiger partial charge in [0.25, 0.3) is 6.43 Å². The fraction of sp³-hybridized carbons (Fsp3) is 0.250. The minimum Gasteiger partial charge on any atom is -0.494 e. The summed E-state index contributed by atoms with van der Waals surface area (Å²) >= 11 is 0. The summed E-state index contributed by atoms with van der Waals surface area (Å²) in [5.41, 5.74) is 1.77. The number of anilines is 1. The lowest BCUT2D eigenvalue weighted by atomic mass is 10.1. The minimum absolute atomic E-state index is 0.0485. The summed E-state index contributed by atoms with van der Waals surface area (Å²) in [6.07, 6.45) is -2.43. The molecule has 0 amide bonds. The molecule has 106 valence electrons. The molecule has 20 heavy (non-hydrogen) atoms. The Balaban J connectivity index is 2.01. The molecule has 0 unspecified atom stereocenters. The van der Waals surface area contributed by atoms with E-state index in [1.165, 1.54) is 12.1 Å². The molecule has 2 rings (SSSR count). The molecule has 0 atom stereocenters. The maximum atomic E-state index is 12.6. The Kier molecular flexibility index (Phi) is 4.93. The zero-order chi connectivity index (χ0) is 14.4. The van der Waals surface area contributed by atoms with E-state index in [-0.39, 0.29) is 5.56 Å². The molecule has 0 heterocycles. The van der Waals surface area contributed by atoms with Crippen LogP contribution >= 0.6 is 0 Å². The van der Waals surface area contributed by atoms with Gasteiger partial charge in [0.05, 0.1) is 6.61 Å². The van der Waals surface area contributed by atoms with Crippen molar-refractivity contribution in [2.75, 3.05) is 11.9 Å². The van der Waals surface area contributed by atoms with E-state index in [0.717, 1.165) is 17.0 Å². The second kappa shape index (κ2) is 6.89. The van der Waals surface area contributed by atoms with Gasteiger partial charge in [-0.3, -0.25) is 0 Å². The van der Waals surface area contributed by atoms with Crippen LogP contribution in [0.25, 0.3) is 0 Å². The summed E-state index contributed by atoms with van der Waals surface area (Å²) in [5.74, 6) is 0.791. The van der Waals surface area contributed by atoms with E-state index < -0.39 is 6.43 Å². The molecule has 0 aliphatic carbocycles. The summed E-state index contributed by atoms with van der Waals surface area (Å²) < 4.78 is 30.6. The summed E-state index contributed by atoms with van der Waals surface area (Å²) in [7, 11) is 0.